The first kappa shape index (κ1) is 25.6. The Labute approximate surface area is 191 Å². The van der Waals surface area contributed by atoms with Crippen LogP contribution in [-0.4, -0.2) is 64.5 Å². The third-order valence-corrected chi connectivity index (χ3v) is 5.89. The summed E-state index contributed by atoms with van der Waals surface area (Å²) in [5.74, 6) is 0.875. The van der Waals surface area contributed by atoms with Crippen molar-refractivity contribution in [3.05, 3.63) is 29.8 Å². The average Bonchev–Trinajstić information content (AvgIpc) is 3.07. The fourth-order valence-corrected chi connectivity index (χ4v) is 3.93. The minimum atomic E-state index is -3.51. The number of hydrogen-bond donors (Lipinski definition) is 3. The van der Waals surface area contributed by atoms with Crippen molar-refractivity contribution in [3.63, 3.8) is 0 Å². The van der Waals surface area contributed by atoms with Crippen molar-refractivity contribution >= 4 is 45.9 Å². The van der Waals surface area contributed by atoms with Gasteiger partial charge in [0.1, 0.15) is 0 Å². The molecule has 1 heterocycles. The number of benzene rings is 1. The molecule has 1 saturated heterocycles. The van der Waals surface area contributed by atoms with Gasteiger partial charge in [0.15, 0.2) is 5.96 Å². The summed E-state index contributed by atoms with van der Waals surface area (Å²) in [5, 5.41) is 6.26. The molecule has 0 spiro atoms. The highest BCUT2D eigenvalue weighted by Gasteiger charge is 2.18. The Morgan fingerprint density at radius 1 is 1.17 bits per heavy atom. The number of hydrogen-bond acceptors (Lipinski definition) is 4. The van der Waals surface area contributed by atoms with Crippen molar-refractivity contribution in [2.45, 2.75) is 38.0 Å². The van der Waals surface area contributed by atoms with E-state index in [1.807, 2.05) is 18.7 Å². The van der Waals surface area contributed by atoms with Gasteiger partial charge in [-0.1, -0.05) is 17.7 Å². The van der Waals surface area contributed by atoms with E-state index in [2.05, 4.69) is 20.3 Å². The summed E-state index contributed by atoms with van der Waals surface area (Å²) in [6.45, 7) is 7.46. The number of guanidine groups is 1. The van der Waals surface area contributed by atoms with Crippen LogP contribution in [0, 0.1) is 6.92 Å². The highest BCUT2D eigenvalue weighted by molar-refractivity contribution is 14.0. The summed E-state index contributed by atoms with van der Waals surface area (Å²) in [6.07, 6.45) is 2.42. The van der Waals surface area contributed by atoms with Gasteiger partial charge in [-0.3, -0.25) is 9.79 Å². The third kappa shape index (κ3) is 8.87. The number of sulfonamides is 1. The molecule has 164 valence electrons. The molecule has 8 nitrogen and oxygen atoms in total. The SMILES string of the molecule is CCNC(=NCCCN1CCCC1=O)NCCNS(=O)(=O)c1ccc(C)cc1.I. The Bertz CT molecular complexity index is 769. The molecule has 0 unspecified atom stereocenters. The zero-order valence-electron chi connectivity index (χ0n) is 17.1. The van der Waals surface area contributed by atoms with Gasteiger partial charge in [0.05, 0.1) is 4.90 Å². The maximum Gasteiger partial charge on any atom is 0.240 e. The van der Waals surface area contributed by atoms with Gasteiger partial charge in [0.25, 0.3) is 0 Å². The summed E-state index contributed by atoms with van der Waals surface area (Å²) in [7, 11) is -3.51. The number of rotatable bonds is 10. The van der Waals surface area contributed by atoms with Crippen LogP contribution in [0.1, 0.15) is 31.7 Å². The third-order valence-electron chi connectivity index (χ3n) is 4.41. The number of carbonyl (C=O) groups excluding carboxylic acids is 1. The van der Waals surface area contributed by atoms with Crippen molar-refractivity contribution in [1.29, 1.82) is 0 Å². The lowest BCUT2D eigenvalue weighted by Crippen LogP contribution is -2.41. The summed E-state index contributed by atoms with van der Waals surface area (Å²) in [4.78, 5) is 18.2. The largest absolute Gasteiger partial charge is 0.357 e. The molecule has 1 aromatic carbocycles. The van der Waals surface area contributed by atoms with Gasteiger partial charge in [0.2, 0.25) is 15.9 Å². The number of aryl methyl sites for hydroxylation is 1. The van der Waals surface area contributed by atoms with Crippen LogP contribution in [0.3, 0.4) is 0 Å². The lowest BCUT2D eigenvalue weighted by Gasteiger charge is -2.15. The number of likely N-dealkylation sites (tertiary alicyclic amines) is 1. The summed E-state index contributed by atoms with van der Waals surface area (Å²) >= 11 is 0. The number of nitrogens with zero attached hydrogens (tertiary/aromatic N) is 2. The van der Waals surface area contributed by atoms with E-state index in [4.69, 9.17) is 0 Å². The molecule has 0 atom stereocenters. The molecule has 2 rings (SSSR count). The second-order valence-electron chi connectivity index (χ2n) is 6.74. The highest BCUT2D eigenvalue weighted by atomic mass is 127. The smallest absolute Gasteiger partial charge is 0.240 e. The number of carbonyl (C=O) groups is 1. The van der Waals surface area contributed by atoms with Crippen LogP contribution in [0.25, 0.3) is 0 Å². The number of amides is 1. The molecule has 0 saturated carbocycles. The highest BCUT2D eigenvalue weighted by Crippen LogP contribution is 2.10. The van der Waals surface area contributed by atoms with Gasteiger partial charge in [-0.2, -0.15) is 0 Å². The maximum atomic E-state index is 12.3. The quantitative estimate of drug-likeness (QED) is 0.182. The molecule has 10 heteroatoms. The second kappa shape index (κ2) is 13.0. The molecule has 1 amide bonds. The summed E-state index contributed by atoms with van der Waals surface area (Å²) in [6, 6.07) is 6.75. The van der Waals surface area contributed by atoms with E-state index in [1.54, 1.807) is 24.3 Å². The predicted octanol–water partition coefficient (Wildman–Crippen LogP) is 1.46. The first-order valence-corrected chi connectivity index (χ1v) is 11.3. The van der Waals surface area contributed by atoms with Crippen LogP contribution in [0.4, 0.5) is 0 Å². The van der Waals surface area contributed by atoms with E-state index in [0.717, 1.165) is 31.5 Å². The fraction of sp³-hybridized carbons (Fsp3) is 0.579. The van der Waals surface area contributed by atoms with Gasteiger partial charge < -0.3 is 15.5 Å². The molecule has 0 radical (unpaired) electrons. The summed E-state index contributed by atoms with van der Waals surface area (Å²) < 4.78 is 27.1. The van der Waals surface area contributed by atoms with Crippen LogP contribution in [-0.2, 0) is 14.8 Å². The monoisotopic (exact) mass is 537 g/mol. The average molecular weight is 537 g/mol. The zero-order valence-corrected chi connectivity index (χ0v) is 20.3. The number of nitrogens with one attached hydrogen (secondary N) is 3. The van der Waals surface area contributed by atoms with Gasteiger partial charge >= 0.3 is 0 Å². The Hall–Kier alpha value is -1.40. The molecule has 0 bridgehead atoms. The Kier molecular flexibility index (Phi) is 11.5. The molecule has 3 N–H and O–H groups in total. The van der Waals surface area contributed by atoms with Crippen molar-refractivity contribution in [1.82, 2.24) is 20.3 Å². The molecule has 1 aromatic rings. The first-order valence-electron chi connectivity index (χ1n) is 9.78. The molecule has 1 aliphatic rings. The molecule has 0 aliphatic carbocycles. The fourth-order valence-electron chi connectivity index (χ4n) is 2.90. The minimum absolute atomic E-state index is 0. The molecule has 29 heavy (non-hydrogen) atoms. The number of halogens is 1. The Morgan fingerprint density at radius 2 is 1.90 bits per heavy atom. The molecule has 1 fully saturated rings. The maximum absolute atomic E-state index is 12.3. The molecular weight excluding hydrogens is 505 g/mol. The van der Waals surface area contributed by atoms with Crippen LogP contribution >= 0.6 is 24.0 Å². The lowest BCUT2D eigenvalue weighted by atomic mass is 10.2. The van der Waals surface area contributed by atoms with Crippen LogP contribution in [0.15, 0.2) is 34.2 Å². The van der Waals surface area contributed by atoms with E-state index < -0.39 is 10.0 Å². The standard InChI is InChI=1S/C19H31N5O3S.HI/c1-3-20-19(21-11-5-15-24-14-4-6-18(24)25)22-12-13-23-28(26,27)17-9-7-16(2)8-10-17;/h7-10,23H,3-6,11-15H2,1-2H3,(H2,20,21,22);1H. The van der Waals surface area contributed by atoms with Gasteiger partial charge in [-0.05, 0) is 38.8 Å². The Morgan fingerprint density at radius 3 is 2.52 bits per heavy atom. The van der Waals surface area contributed by atoms with Gasteiger partial charge in [0, 0.05) is 45.7 Å². The predicted molar refractivity (Wildman–Crippen MR) is 126 cm³/mol. The van der Waals surface area contributed by atoms with Crippen molar-refractivity contribution in [3.8, 4) is 0 Å². The van der Waals surface area contributed by atoms with E-state index in [0.29, 0.717) is 32.0 Å². The van der Waals surface area contributed by atoms with E-state index in [-0.39, 0.29) is 41.3 Å². The second-order valence-corrected chi connectivity index (χ2v) is 8.50. The minimum Gasteiger partial charge on any atom is -0.357 e. The van der Waals surface area contributed by atoms with Crippen LogP contribution < -0.4 is 15.4 Å². The number of aliphatic imine (C=N–C) groups is 1. The molecule has 0 aromatic heterocycles. The lowest BCUT2D eigenvalue weighted by molar-refractivity contribution is -0.127. The van der Waals surface area contributed by atoms with E-state index in [9.17, 15) is 13.2 Å². The topological polar surface area (TPSA) is 103 Å². The van der Waals surface area contributed by atoms with Crippen molar-refractivity contribution in [2.24, 2.45) is 4.99 Å². The van der Waals surface area contributed by atoms with Crippen LogP contribution in [0.2, 0.25) is 0 Å². The summed E-state index contributed by atoms with van der Waals surface area (Å²) in [5.41, 5.74) is 1.02. The first-order chi connectivity index (χ1) is 13.4. The molecular formula is C19H32IN5O3S. The van der Waals surface area contributed by atoms with Gasteiger partial charge in [-0.15, -0.1) is 24.0 Å². The zero-order chi connectivity index (χ0) is 20.4. The van der Waals surface area contributed by atoms with Gasteiger partial charge in [-0.25, -0.2) is 13.1 Å². The van der Waals surface area contributed by atoms with Crippen LogP contribution in [0.5, 0.6) is 0 Å². The van der Waals surface area contributed by atoms with Crippen molar-refractivity contribution in [2.75, 3.05) is 39.3 Å². The van der Waals surface area contributed by atoms with Crippen molar-refractivity contribution < 1.29 is 13.2 Å². The van der Waals surface area contributed by atoms with E-state index in [1.165, 1.54) is 0 Å². The Balaban J connectivity index is 0.00000420. The normalized spacial score (nSPS) is 14.6. The van der Waals surface area contributed by atoms with E-state index >= 15 is 0 Å². The molecule has 1 aliphatic heterocycles.